The molecule has 0 aliphatic heterocycles. The maximum atomic E-state index is 11.9. The maximum absolute atomic E-state index is 11.9. The molecule has 126 valence electrons. The maximum Gasteiger partial charge on any atom is 0.408 e. The first kappa shape index (κ1) is 18.7. The average Bonchev–Trinajstić information content (AvgIpc) is 2.51. The molecule has 0 radical (unpaired) electrons. The predicted octanol–water partition coefficient (Wildman–Crippen LogP) is 2.17. The summed E-state index contributed by atoms with van der Waals surface area (Å²) in [7, 11) is 0. The zero-order chi connectivity index (χ0) is 17.2. The second-order valence-electron chi connectivity index (χ2n) is 5.17. The number of allylic oxidation sites excluding steroid dienone is 1. The molecule has 0 saturated heterocycles. The molecule has 2 N–H and O–H groups in total. The van der Waals surface area contributed by atoms with Gasteiger partial charge in [0.1, 0.15) is 12.7 Å². The fraction of sp³-hybridized carbons (Fsp3) is 0.412. The molecule has 6 nitrogen and oxygen atoms in total. The predicted molar refractivity (Wildman–Crippen MR) is 85.6 cm³/mol. The fourth-order valence-corrected chi connectivity index (χ4v) is 1.85. The van der Waals surface area contributed by atoms with Crippen molar-refractivity contribution >= 4 is 12.1 Å². The van der Waals surface area contributed by atoms with Crippen molar-refractivity contribution < 1.29 is 24.2 Å². The lowest BCUT2D eigenvalue weighted by atomic mass is 10.1. The summed E-state index contributed by atoms with van der Waals surface area (Å²) in [5.41, 5.74) is 1.63. The molecule has 1 aromatic carbocycles. The van der Waals surface area contributed by atoms with Crippen LogP contribution >= 0.6 is 0 Å². The Morgan fingerprint density at radius 3 is 2.43 bits per heavy atom. The van der Waals surface area contributed by atoms with Gasteiger partial charge < -0.3 is 19.9 Å². The van der Waals surface area contributed by atoms with Crippen LogP contribution in [0.25, 0.3) is 0 Å². The van der Waals surface area contributed by atoms with Gasteiger partial charge in [-0.1, -0.05) is 42.0 Å². The number of rotatable bonds is 7. The molecule has 0 aliphatic carbocycles. The highest BCUT2D eigenvalue weighted by molar-refractivity contribution is 5.82. The monoisotopic (exact) mass is 321 g/mol. The van der Waals surface area contributed by atoms with Gasteiger partial charge in [0.2, 0.25) is 0 Å². The third kappa shape index (κ3) is 6.97. The van der Waals surface area contributed by atoms with Gasteiger partial charge in [-0.25, -0.2) is 9.59 Å². The van der Waals surface area contributed by atoms with Gasteiger partial charge in [-0.05, 0) is 26.3 Å². The van der Waals surface area contributed by atoms with Crippen molar-refractivity contribution in [3.63, 3.8) is 0 Å². The summed E-state index contributed by atoms with van der Waals surface area (Å²) in [6, 6.07) is 7.93. The average molecular weight is 321 g/mol. The van der Waals surface area contributed by atoms with Crippen molar-refractivity contribution in [3.8, 4) is 0 Å². The molecule has 2 atom stereocenters. The van der Waals surface area contributed by atoms with Crippen LogP contribution in [-0.4, -0.2) is 35.9 Å². The van der Waals surface area contributed by atoms with E-state index in [0.717, 1.165) is 11.1 Å². The molecule has 0 aliphatic rings. The van der Waals surface area contributed by atoms with Gasteiger partial charge in [0, 0.05) is 0 Å². The van der Waals surface area contributed by atoms with E-state index in [9.17, 15) is 14.7 Å². The quantitative estimate of drug-likeness (QED) is 0.594. The van der Waals surface area contributed by atoms with Crippen LogP contribution in [0.5, 0.6) is 0 Å². The normalized spacial score (nSPS) is 12.7. The topological polar surface area (TPSA) is 84.9 Å². The van der Waals surface area contributed by atoms with Crippen LogP contribution in [0.4, 0.5) is 4.79 Å². The zero-order valence-electron chi connectivity index (χ0n) is 13.6. The lowest BCUT2D eigenvalue weighted by Gasteiger charge is -2.20. The minimum absolute atomic E-state index is 0.0704. The summed E-state index contributed by atoms with van der Waals surface area (Å²) in [5, 5.41) is 12.4. The molecule has 0 spiro atoms. The van der Waals surface area contributed by atoms with Gasteiger partial charge >= 0.3 is 12.1 Å². The highest BCUT2D eigenvalue weighted by Crippen LogP contribution is 2.05. The number of amides is 1. The summed E-state index contributed by atoms with van der Waals surface area (Å²) in [6.45, 7) is 5.42. The van der Waals surface area contributed by atoms with Crippen LogP contribution in [-0.2, 0) is 20.9 Å². The lowest BCUT2D eigenvalue weighted by Crippen LogP contribution is -2.49. The Labute approximate surface area is 136 Å². The van der Waals surface area contributed by atoms with Crippen LogP contribution in [0.2, 0.25) is 0 Å². The molecular weight excluding hydrogens is 298 g/mol. The van der Waals surface area contributed by atoms with Crippen molar-refractivity contribution in [2.75, 3.05) is 6.61 Å². The van der Waals surface area contributed by atoms with E-state index in [1.165, 1.54) is 6.08 Å². The second kappa shape index (κ2) is 9.63. The van der Waals surface area contributed by atoms with E-state index in [2.05, 4.69) is 5.32 Å². The number of alkyl carbamates (subject to hydrolysis) is 1. The number of ether oxygens (including phenoxy) is 2. The van der Waals surface area contributed by atoms with Gasteiger partial charge in [0.25, 0.3) is 0 Å². The van der Waals surface area contributed by atoms with E-state index in [4.69, 9.17) is 9.47 Å². The molecule has 0 saturated carbocycles. The zero-order valence-corrected chi connectivity index (χ0v) is 13.6. The number of benzene rings is 1. The SMILES string of the molecule is CCOC(=O)[C@@H](NC(=O)OCc1ccccc1)[C@@H](O)C=C(C)C. The van der Waals surface area contributed by atoms with Gasteiger partial charge in [0.15, 0.2) is 6.04 Å². The van der Waals surface area contributed by atoms with Crippen LogP contribution < -0.4 is 5.32 Å². The van der Waals surface area contributed by atoms with Crippen molar-refractivity contribution in [1.29, 1.82) is 0 Å². The fourth-order valence-electron chi connectivity index (χ4n) is 1.85. The smallest absolute Gasteiger partial charge is 0.408 e. The highest BCUT2D eigenvalue weighted by Gasteiger charge is 2.29. The van der Waals surface area contributed by atoms with E-state index in [1.807, 2.05) is 30.3 Å². The molecule has 1 aromatic rings. The number of esters is 1. The van der Waals surface area contributed by atoms with Crippen LogP contribution in [0.15, 0.2) is 42.0 Å². The molecule has 1 rings (SSSR count). The molecule has 0 bridgehead atoms. The molecular formula is C17H23NO5. The van der Waals surface area contributed by atoms with Gasteiger partial charge in [-0.3, -0.25) is 0 Å². The standard InChI is InChI=1S/C17H23NO5/c1-4-22-16(20)15(14(19)10-12(2)3)18-17(21)23-11-13-8-6-5-7-9-13/h5-10,14-15,19H,4,11H2,1-3H3,(H,18,21)/t14-,15-/m0/s1. The Bertz CT molecular complexity index is 537. The van der Waals surface area contributed by atoms with Crippen molar-refractivity contribution in [2.24, 2.45) is 0 Å². The Kier molecular flexibility index (Phi) is 7.83. The third-order valence-corrected chi connectivity index (χ3v) is 2.87. The second-order valence-corrected chi connectivity index (χ2v) is 5.17. The van der Waals surface area contributed by atoms with E-state index in [-0.39, 0.29) is 13.2 Å². The van der Waals surface area contributed by atoms with E-state index in [0.29, 0.717) is 0 Å². The number of hydrogen-bond donors (Lipinski definition) is 2. The molecule has 0 fully saturated rings. The van der Waals surface area contributed by atoms with Crippen molar-refractivity contribution in [1.82, 2.24) is 5.32 Å². The Morgan fingerprint density at radius 2 is 1.87 bits per heavy atom. The minimum Gasteiger partial charge on any atom is -0.464 e. The molecule has 0 unspecified atom stereocenters. The Balaban J connectivity index is 2.66. The van der Waals surface area contributed by atoms with Crippen LogP contribution in [0.3, 0.4) is 0 Å². The summed E-state index contributed by atoms with van der Waals surface area (Å²) in [6.07, 6.45) is -0.518. The number of hydrogen-bond acceptors (Lipinski definition) is 5. The summed E-state index contributed by atoms with van der Waals surface area (Å²) in [4.78, 5) is 23.7. The number of carbonyl (C=O) groups is 2. The molecule has 0 aromatic heterocycles. The van der Waals surface area contributed by atoms with E-state index >= 15 is 0 Å². The summed E-state index contributed by atoms with van der Waals surface area (Å²) in [5.74, 6) is -0.714. The molecule has 1 amide bonds. The number of nitrogens with one attached hydrogen (secondary N) is 1. The van der Waals surface area contributed by atoms with E-state index < -0.39 is 24.2 Å². The highest BCUT2D eigenvalue weighted by atomic mass is 16.6. The minimum atomic E-state index is -1.21. The van der Waals surface area contributed by atoms with Gasteiger partial charge in [-0.2, -0.15) is 0 Å². The first-order chi connectivity index (χ1) is 10.9. The number of aliphatic hydroxyl groups is 1. The molecule has 6 heteroatoms. The lowest BCUT2D eigenvalue weighted by molar-refractivity contribution is -0.147. The Morgan fingerprint density at radius 1 is 1.22 bits per heavy atom. The summed E-state index contributed by atoms with van der Waals surface area (Å²) < 4.78 is 9.92. The van der Waals surface area contributed by atoms with Gasteiger partial charge in [0.05, 0.1) is 6.61 Å². The largest absolute Gasteiger partial charge is 0.464 e. The molecule has 0 heterocycles. The number of carbonyl (C=O) groups excluding carboxylic acids is 2. The third-order valence-electron chi connectivity index (χ3n) is 2.87. The summed E-state index contributed by atoms with van der Waals surface area (Å²) >= 11 is 0. The first-order valence-electron chi connectivity index (χ1n) is 7.41. The van der Waals surface area contributed by atoms with Crippen molar-refractivity contribution in [2.45, 2.75) is 39.5 Å². The molecule has 23 heavy (non-hydrogen) atoms. The van der Waals surface area contributed by atoms with Crippen LogP contribution in [0, 0.1) is 0 Å². The van der Waals surface area contributed by atoms with E-state index in [1.54, 1.807) is 20.8 Å². The van der Waals surface area contributed by atoms with Crippen molar-refractivity contribution in [3.05, 3.63) is 47.5 Å². The van der Waals surface area contributed by atoms with Gasteiger partial charge in [-0.15, -0.1) is 0 Å². The first-order valence-corrected chi connectivity index (χ1v) is 7.41. The number of aliphatic hydroxyl groups excluding tert-OH is 1. The Hall–Kier alpha value is -2.34. The van der Waals surface area contributed by atoms with Crippen LogP contribution in [0.1, 0.15) is 26.3 Å².